The Morgan fingerprint density at radius 3 is 2.72 bits per heavy atom. The number of thiophene rings is 1. The van der Waals surface area contributed by atoms with Crippen molar-refractivity contribution in [2.45, 2.75) is 38.7 Å². The number of amides is 2. The molecule has 2 amide bonds. The van der Waals surface area contributed by atoms with Crippen LogP contribution in [0.3, 0.4) is 0 Å². The predicted molar refractivity (Wildman–Crippen MR) is 106 cm³/mol. The fourth-order valence-electron chi connectivity index (χ4n) is 3.17. The zero-order valence-corrected chi connectivity index (χ0v) is 16.8. The Bertz CT molecular complexity index is 1140. The Morgan fingerprint density at radius 2 is 2.17 bits per heavy atom. The number of hydrogen-bond acceptors (Lipinski definition) is 5. The number of hydrogen-bond donors (Lipinski definition) is 2. The highest BCUT2D eigenvalue weighted by molar-refractivity contribution is 7.21. The van der Waals surface area contributed by atoms with Crippen molar-refractivity contribution in [3.63, 3.8) is 0 Å². The van der Waals surface area contributed by atoms with Crippen LogP contribution >= 0.6 is 22.9 Å². The monoisotopic (exact) mass is 439 g/mol. The van der Waals surface area contributed by atoms with Crippen LogP contribution in [0.5, 0.6) is 0 Å². The molecular formula is C18H16ClF2N5O2S. The number of carbonyl (C=O) groups excluding carboxylic acids is 2. The molecule has 1 aliphatic rings. The first-order valence-corrected chi connectivity index (χ1v) is 9.98. The van der Waals surface area contributed by atoms with Gasteiger partial charge in [0.05, 0.1) is 22.6 Å². The third kappa shape index (κ3) is 3.69. The fraction of sp³-hybridized carbons (Fsp3) is 0.333. The molecule has 0 atom stereocenters. The fourth-order valence-corrected chi connectivity index (χ4v) is 4.33. The summed E-state index contributed by atoms with van der Waals surface area (Å²) in [6, 6.07) is 1.36. The predicted octanol–water partition coefficient (Wildman–Crippen LogP) is 4.01. The number of nitrogens with zero attached hydrogens (tertiary/aromatic N) is 3. The van der Waals surface area contributed by atoms with Crippen LogP contribution in [0, 0.1) is 6.92 Å². The van der Waals surface area contributed by atoms with Gasteiger partial charge < -0.3 is 11.1 Å². The Kier molecular flexibility index (Phi) is 4.99. The van der Waals surface area contributed by atoms with Crippen LogP contribution in [0.4, 0.5) is 14.5 Å². The van der Waals surface area contributed by atoms with Crippen molar-refractivity contribution in [2.75, 3.05) is 5.32 Å². The van der Waals surface area contributed by atoms with Crippen molar-refractivity contribution < 1.29 is 18.4 Å². The molecule has 3 aromatic heterocycles. The molecule has 0 bridgehead atoms. The zero-order valence-electron chi connectivity index (χ0n) is 15.2. The molecule has 0 unspecified atom stereocenters. The molecule has 29 heavy (non-hydrogen) atoms. The molecule has 0 saturated heterocycles. The number of carbonyl (C=O) groups is 2. The average molecular weight is 440 g/mol. The van der Waals surface area contributed by atoms with Crippen LogP contribution in [-0.4, -0.2) is 26.6 Å². The van der Waals surface area contributed by atoms with Gasteiger partial charge in [-0.25, -0.2) is 13.8 Å². The first-order chi connectivity index (χ1) is 13.8. The van der Waals surface area contributed by atoms with Crippen molar-refractivity contribution >= 4 is 50.7 Å². The zero-order chi connectivity index (χ0) is 20.9. The van der Waals surface area contributed by atoms with Crippen molar-refractivity contribution in [1.29, 1.82) is 0 Å². The number of primary amides is 1. The summed E-state index contributed by atoms with van der Waals surface area (Å²) in [5.74, 6) is -1.12. The van der Waals surface area contributed by atoms with E-state index in [4.69, 9.17) is 17.3 Å². The number of pyridine rings is 1. The van der Waals surface area contributed by atoms with Crippen molar-refractivity contribution in [3.05, 3.63) is 39.1 Å². The summed E-state index contributed by atoms with van der Waals surface area (Å²) in [7, 11) is 0. The van der Waals surface area contributed by atoms with E-state index in [1.165, 1.54) is 16.9 Å². The van der Waals surface area contributed by atoms with Crippen LogP contribution in [0.25, 0.3) is 10.2 Å². The normalized spacial score (nSPS) is 14.0. The summed E-state index contributed by atoms with van der Waals surface area (Å²) in [6.45, 7) is 1.59. The smallest absolute Gasteiger partial charge is 0.280 e. The van der Waals surface area contributed by atoms with E-state index in [0.717, 1.165) is 24.2 Å². The molecule has 3 aromatic rings. The van der Waals surface area contributed by atoms with Crippen LogP contribution in [0.15, 0.2) is 12.3 Å². The molecule has 0 spiro atoms. The molecule has 0 radical (unpaired) electrons. The molecule has 11 heteroatoms. The van der Waals surface area contributed by atoms with Crippen molar-refractivity contribution in [1.82, 2.24) is 14.8 Å². The second kappa shape index (κ2) is 7.34. The third-order valence-corrected chi connectivity index (χ3v) is 6.25. The third-order valence-electron chi connectivity index (χ3n) is 4.78. The van der Waals surface area contributed by atoms with Crippen LogP contribution in [-0.2, 0) is 11.3 Å². The van der Waals surface area contributed by atoms with Crippen LogP contribution < -0.4 is 11.1 Å². The van der Waals surface area contributed by atoms with E-state index in [2.05, 4.69) is 15.4 Å². The van der Waals surface area contributed by atoms with Gasteiger partial charge >= 0.3 is 0 Å². The van der Waals surface area contributed by atoms with E-state index in [1.807, 2.05) is 0 Å². The second-order valence-electron chi connectivity index (χ2n) is 6.85. The minimum atomic E-state index is -2.73. The highest BCUT2D eigenvalue weighted by Gasteiger charge is 2.31. The molecule has 152 valence electrons. The average Bonchev–Trinajstić information content (AvgIpc) is 3.39. The Balaban J connectivity index is 1.77. The van der Waals surface area contributed by atoms with Crippen molar-refractivity contribution in [3.8, 4) is 0 Å². The summed E-state index contributed by atoms with van der Waals surface area (Å²) in [6.07, 6.45) is 0.394. The summed E-state index contributed by atoms with van der Waals surface area (Å²) < 4.78 is 28.0. The molecule has 0 aromatic carbocycles. The maximum Gasteiger partial charge on any atom is 0.280 e. The lowest BCUT2D eigenvalue weighted by molar-refractivity contribution is -0.116. The number of nitrogens with two attached hydrogens (primary N) is 1. The van der Waals surface area contributed by atoms with Gasteiger partial charge in [-0.05, 0) is 37.3 Å². The molecule has 0 aliphatic heterocycles. The molecular weight excluding hydrogens is 424 g/mol. The molecule has 7 nitrogen and oxygen atoms in total. The van der Waals surface area contributed by atoms with Crippen molar-refractivity contribution in [2.24, 2.45) is 5.73 Å². The van der Waals surface area contributed by atoms with E-state index in [1.54, 1.807) is 6.92 Å². The summed E-state index contributed by atoms with van der Waals surface area (Å²) in [5, 5.41) is 7.67. The number of anilines is 1. The highest BCUT2D eigenvalue weighted by atomic mass is 35.5. The van der Waals surface area contributed by atoms with Gasteiger partial charge in [-0.15, -0.1) is 11.3 Å². The number of alkyl halides is 2. The van der Waals surface area contributed by atoms with E-state index in [9.17, 15) is 18.4 Å². The topological polar surface area (TPSA) is 103 Å². The quantitative estimate of drug-likeness (QED) is 0.605. The summed E-state index contributed by atoms with van der Waals surface area (Å²) >= 11 is 6.86. The first kappa shape index (κ1) is 19.7. The second-order valence-corrected chi connectivity index (χ2v) is 8.25. The van der Waals surface area contributed by atoms with E-state index in [-0.39, 0.29) is 33.6 Å². The molecule has 1 fully saturated rings. The molecule has 3 heterocycles. The SMILES string of the molecule is Cc1c(Cl)cnn1CC(=O)Nc1c(C(N)=O)sc2nc(C(F)F)cc(C3CC3)c12. The van der Waals surface area contributed by atoms with Gasteiger partial charge in [0.15, 0.2) is 0 Å². The highest BCUT2D eigenvalue weighted by Crippen LogP contribution is 2.48. The number of aromatic nitrogens is 3. The maximum absolute atomic E-state index is 13.3. The number of rotatable bonds is 6. The maximum atomic E-state index is 13.3. The number of nitrogens with one attached hydrogen (secondary N) is 1. The number of halogens is 3. The Labute approximate surface area is 172 Å². The van der Waals surface area contributed by atoms with Gasteiger partial charge in [0.2, 0.25) is 5.91 Å². The molecule has 1 aliphatic carbocycles. The molecule has 3 N–H and O–H groups in total. The van der Waals surface area contributed by atoms with Crippen LogP contribution in [0.2, 0.25) is 5.02 Å². The van der Waals surface area contributed by atoms with E-state index < -0.39 is 18.2 Å². The minimum Gasteiger partial charge on any atom is -0.365 e. The summed E-state index contributed by atoms with van der Waals surface area (Å²) in [5.41, 5.74) is 6.62. The lowest BCUT2D eigenvalue weighted by Gasteiger charge is -2.11. The number of fused-ring (bicyclic) bond motifs is 1. The largest absolute Gasteiger partial charge is 0.365 e. The van der Waals surface area contributed by atoms with Gasteiger partial charge in [0, 0.05) is 5.39 Å². The first-order valence-electron chi connectivity index (χ1n) is 8.79. The van der Waals surface area contributed by atoms with Gasteiger partial charge in [-0.2, -0.15) is 5.10 Å². The standard InChI is InChI=1S/C18H16ClF2N5O2S/c1-7-10(19)5-23-26(7)6-12(27)25-14-13-9(8-2-3-8)4-11(16(20)21)24-18(13)29-15(14)17(22)28/h4-5,8,16H,2-3,6H2,1H3,(H2,22,28)(H,25,27). The molecule has 4 rings (SSSR count). The molecule has 1 saturated carbocycles. The van der Waals surface area contributed by atoms with Gasteiger partial charge in [0.1, 0.15) is 21.9 Å². The van der Waals surface area contributed by atoms with Gasteiger partial charge in [-0.1, -0.05) is 11.6 Å². The Hall–Kier alpha value is -2.59. The van der Waals surface area contributed by atoms with Gasteiger partial charge in [-0.3, -0.25) is 14.3 Å². The van der Waals surface area contributed by atoms with Gasteiger partial charge in [0.25, 0.3) is 12.3 Å². The summed E-state index contributed by atoms with van der Waals surface area (Å²) in [4.78, 5) is 28.9. The van der Waals surface area contributed by atoms with Crippen LogP contribution in [0.1, 0.15) is 51.8 Å². The Morgan fingerprint density at radius 1 is 1.45 bits per heavy atom. The van der Waals surface area contributed by atoms with E-state index in [0.29, 0.717) is 21.7 Å². The lowest BCUT2D eigenvalue weighted by Crippen LogP contribution is -2.22. The van der Waals surface area contributed by atoms with E-state index >= 15 is 0 Å². The lowest BCUT2D eigenvalue weighted by atomic mass is 10.0. The minimum absolute atomic E-state index is 0.0735.